The van der Waals surface area contributed by atoms with E-state index in [2.05, 4.69) is 22.0 Å². The fourth-order valence-electron chi connectivity index (χ4n) is 2.92. The van der Waals surface area contributed by atoms with E-state index >= 15 is 0 Å². The molecular formula is C13H26ClN3O. The third-order valence-corrected chi connectivity index (χ3v) is 4.05. The Labute approximate surface area is 116 Å². The number of amides is 1. The predicted octanol–water partition coefficient (Wildman–Crippen LogP) is 0.960. The van der Waals surface area contributed by atoms with Crippen molar-refractivity contribution in [3.05, 3.63) is 0 Å². The van der Waals surface area contributed by atoms with Crippen LogP contribution in [-0.2, 0) is 4.79 Å². The summed E-state index contributed by atoms with van der Waals surface area (Å²) in [5, 5.41) is 3.29. The van der Waals surface area contributed by atoms with E-state index in [4.69, 9.17) is 0 Å². The third-order valence-electron chi connectivity index (χ3n) is 4.05. The van der Waals surface area contributed by atoms with Crippen LogP contribution in [0, 0.1) is 5.92 Å². The molecule has 0 aromatic carbocycles. The first-order chi connectivity index (χ1) is 8.19. The van der Waals surface area contributed by atoms with Crippen LogP contribution < -0.4 is 5.32 Å². The molecule has 0 aliphatic carbocycles. The van der Waals surface area contributed by atoms with Gasteiger partial charge >= 0.3 is 0 Å². The van der Waals surface area contributed by atoms with Crippen LogP contribution in [0.1, 0.15) is 26.2 Å². The van der Waals surface area contributed by atoms with Gasteiger partial charge in [0.1, 0.15) is 0 Å². The Morgan fingerprint density at radius 1 is 1.28 bits per heavy atom. The normalized spacial score (nSPS) is 29.1. The SMILES string of the molecule is CNC1CCN(CC(=O)N2CCCC(C)C2)C1.Cl. The number of likely N-dealkylation sites (tertiary alicyclic amines) is 2. The van der Waals surface area contributed by atoms with Crippen molar-refractivity contribution in [2.45, 2.75) is 32.2 Å². The monoisotopic (exact) mass is 275 g/mol. The standard InChI is InChI=1S/C13H25N3O.ClH/c1-11-4-3-6-16(8-11)13(17)10-15-7-5-12(9-15)14-2;/h11-12,14H,3-10H2,1-2H3;1H. The molecule has 18 heavy (non-hydrogen) atoms. The number of likely N-dealkylation sites (N-methyl/N-ethyl adjacent to an activating group) is 1. The molecule has 5 heteroatoms. The molecule has 106 valence electrons. The van der Waals surface area contributed by atoms with E-state index in [0.717, 1.165) is 26.2 Å². The predicted molar refractivity (Wildman–Crippen MR) is 76.1 cm³/mol. The number of hydrogen-bond acceptors (Lipinski definition) is 3. The quantitative estimate of drug-likeness (QED) is 0.833. The molecule has 0 aromatic heterocycles. The van der Waals surface area contributed by atoms with Gasteiger partial charge in [0, 0.05) is 32.2 Å². The zero-order chi connectivity index (χ0) is 12.3. The van der Waals surface area contributed by atoms with E-state index in [1.54, 1.807) is 0 Å². The van der Waals surface area contributed by atoms with Crippen LogP contribution in [0.15, 0.2) is 0 Å². The van der Waals surface area contributed by atoms with Crippen molar-refractivity contribution in [2.24, 2.45) is 5.92 Å². The lowest BCUT2D eigenvalue weighted by Gasteiger charge is -2.32. The van der Waals surface area contributed by atoms with Crippen molar-refractivity contribution < 1.29 is 4.79 Å². The molecule has 0 radical (unpaired) electrons. The molecule has 1 amide bonds. The molecule has 2 aliphatic rings. The van der Waals surface area contributed by atoms with Crippen LogP contribution in [0.2, 0.25) is 0 Å². The number of hydrogen-bond donors (Lipinski definition) is 1. The van der Waals surface area contributed by atoms with Gasteiger partial charge in [-0.3, -0.25) is 9.69 Å². The van der Waals surface area contributed by atoms with Gasteiger partial charge in [-0.25, -0.2) is 0 Å². The second-order valence-electron chi connectivity index (χ2n) is 5.60. The highest BCUT2D eigenvalue weighted by Gasteiger charge is 2.26. The minimum Gasteiger partial charge on any atom is -0.341 e. The van der Waals surface area contributed by atoms with Gasteiger partial charge in [0.05, 0.1) is 6.54 Å². The van der Waals surface area contributed by atoms with Crippen LogP contribution in [0.3, 0.4) is 0 Å². The largest absolute Gasteiger partial charge is 0.341 e. The minimum atomic E-state index is 0. The summed E-state index contributed by atoms with van der Waals surface area (Å²) in [5.41, 5.74) is 0. The summed E-state index contributed by atoms with van der Waals surface area (Å²) in [5.74, 6) is 1.00. The average Bonchev–Trinajstić information content (AvgIpc) is 2.77. The number of piperidine rings is 1. The summed E-state index contributed by atoms with van der Waals surface area (Å²) in [6.07, 6.45) is 3.61. The first kappa shape index (κ1) is 15.7. The summed E-state index contributed by atoms with van der Waals surface area (Å²) in [4.78, 5) is 16.5. The molecule has 4 nitrogen and oxygen atoms in total. The van der Waals surface area contributed by atoms with Gasteiger partial charge in [-0.05, 0) is 32.2 Å². The van der Waals surface area contributed by atoms with Crippen LogP contribution in [0.5, 0.6) is 0 Å². The van der Waals surface area contributed by atoms with Crippen molar-refractivity contribution in [1.29, 1.82) is 0 Å². The Morgan fingerprint density at radius 3 is 2.67 bits per heavy atom. The fraction of sp³-hybridized carbons (Fsp3) is 0.923. The summed E-state index contributed by atoms with van der Waals surface area (Å²) < 4.78 is 0. The summed E-state index contributed by atoms with van der Waals surface area (Å²) in [7, 11) is 2.00. The van der Waals surface area contributed by atoms with Gasteiger partial charge in [0.25, 0.3) is 0 Å². The first-order valence-corrected chi connectivity index (χ1v) is 6.86. The Morgan fingerprint density at radius 2 is 2.06 bits per heavy atom. The zero-order valence-corrected chi connectivity index (χ0v) is 12.3. The summed E-state index contributed by atoms with van der Waals surface area (Å²) in [6, 6.07) is 0.572. The highest BCUT2D eigenvalue weighted by Crippen LogP contribution is 2.16. The Balaban J connectivity index is 0.00000162. The number of rotatable bonds is 3. The van der Waals surface area contributed by atoms with Crippen molar-refractivity contribution in [3.8, 4) is 0 Å². The number of carbonyl (C=O) groups excluding carboxylic acids is 1. The molecular weight excluding hydrogens is 250 g/mol. The van der Waals surface area contributed by atoms with E-state index < -0.39 is 0 Å². The number of nitrogens with one attached hydrogen (secondary N) is 1. The molecule has 2 fully saturated rings. The first-order valence-electron chi connectivity index (χ1n) is 6.86. The lowest BCUT2D eigenvalue weighted by atomic mass is 10.0. The average molecular weight is 276 g/mol. The molecule has 2 aliphatic heterocycles. The lowest BCUT2D eigenvalue weighted by Crippen LogP contribution is -2.44. The second kappa shape index (κ2) is 7.31. The van der Waals surface area contributed by atoms with Gasteiger partial charge in [-0.1, -0.05) is 6.92 Å². The van der Waals surface area contributed by atoms with E-state index in [1.165, 1.54) is 19.3 Å². The molecule has 2 unspecified atom stereocenters. The second-order valence-corrected chi connectivity index (χ2v) is 5.60. The molecule has 0 spiro atoms. The molecule has 0 bridgehead atoms. The van der Waals surface area contributed by atoms with Gasteiger partial charge in [-0.15, -0.1) is 12.4 Å². The minimum absolute atomic E-state index is 0. The van der Waals surface area contributed by atoms with Crippen molar-refractivity contribution in [3.63, 3.8) is 0 Å². The van der Waals surface area contributed by atoms with Gasteiger partial charge < -0.3 is 10.2 Å². The van der Waals surface area contributed by atoms with Gasteiger partial charge in [-0.2, -0.15) is 0 Å². The van der Waals surface area contributed by atoms with E-state index in [9.17, 15) is 4.79 Å². The number of nitrogens with zero attached hydrogens (tertiary/aromatic N) is 2. The maximum atomic E-state index is 12.2. The lowest BCUT2D eigenvalue weighted by molar-refractivity contribution is -0.133. The van der Waals surface area contributed by atoms with Crippen molar-refractivity contribution >= 4 is 18.3 Å². The summed E-state index contributed by atoms with van der Waals surface area (Å²) in [6.45, 7) is 6.86. The Hall–Kier alpha value is -0.320. The molecule has 0 aromatic rings. The number of carbonyl (C=O) groups is 1. The Kier molecular flexibility index (Phi) is 6.39. The van der Waals surface area contributed by atoms with Gasteiger partial charge in [0.15, 0.2) is 0 Å². The molecule has 2 heterocycles. The smallest absolute Gasteiger partial charge is 0.236 e. The number of halogens is 1. The molecule has 2 rings (SSSR count). The van der Waals surface area contributed by atoms with Crippen LogP contribution in [-0.4, -0.2) is 61.5 Å². The Bertz CT molecular complexity index is 275. The highest BCUT2D eigenvalue weighted by molar-refractivity contribution is 5.85. The van der Waals surface area contributed by atoms with Crippen LogP contribution >= 0.6 is 12.4 Å². The third kappa shape index (κ3) is 4.11. The van der Waals surface area contributed by atoms with Crippen molar-refractivity contribution in [2.75, 3.05) is 39.8 Å². The maximum absolute atomic E-state index is 12.2. The molecule has 1 N–H and O–H groups in total. The fourth-order valence-corrected chi connectivity index (χ4v) is 2.92. The van der Waals surface area contributed by atoms with Gasteiger partial charge in [0.2, 0.25) is 5.91 Å². The molecule has 0 saturated carbocycles. The highest BCUT2D eigenvalue weighted by atomic mass is 35.5. The van der Waals surface area contributed by atoms with E-state index in [1.807, 2.05) is 7.05 Å². The van der Waals surface area contributed by atoms with E-state index in [0.29, 0.717) is 24.4 Å². The maximum Gasteiger partial charge on any atom is 0.236 e. The summed E-state index contributed by atoms with van der Waals surface area (Å²) >= 11 is 0. The van der Waals surface area contributed by atoms with E-state index in [-0.39, 0.29) is 12.4 Å². The van der Waals surface area contributed by atoms with Crippen LogP contribution in [0.25, 0.3) is 0 Å². The van der Waals surface area contributed by atoms with Crippen molar-refractivity contribution in [1.82, 2.24) is 15.1 Å². The molecule has 2 atom stereocenters. The molecule has 2 saturated heterocycles. The topological polar surface area (TPSA) is 35.6 Å². The van der Waals surface area contributed by atoms with Crippen LogP contribution in [0.4, 0.5) is 0 Å². The zero-order valence-electron chi connectivity index (χ0n) is 11.5.